The second-order valence-corrected chi connectivity index (χ2v) is 6.05. The summed E-state index contributed by atoms with van der Waals surface area (Å²) in [6.45, 7) is 3.96. The average Bonchev–Trinajstić information content (AvgIpc) is 2.46. The third-order valence-electron chi connectivity index (χ3n) is 3.15. The van der Waals surface area contributed by atoms with Crippen molar-refractivity contribution in [1.29, 1.82) is 0 Å². The third-order valence-corrected chi connectivity index (χ3v) is 3.74. The van der Waals surface area contributed by atoms with E-state index in [1.54, 1.807) is 13.2 Å². The highest BCUT2D eigenvalue weighted by Gasteiger charge is 2.15. The standard InChI is InChI=1S/C16H18Cl2N2O3/c1-9-4-5-11-12(17)6-13(18)16(15(11)20-9)23-8-14(21)19-10(2)7-22-3/h4-6,10H,7-8H2,1-3H3,(H,19,21). The molecule has 0 bridgehead atoms. The predicted molar refractivity (Wildman–Crippen MR) is 91.5 cm³/mol. The van der Waals surface area contributed by atoms with Gasteiger partial charge in [-0.3, -0.25) is 4.79 Å². The molecule has 1 unspecified atom stereocenters. The second-order valence-electron chi connectivity index (χ2n) is 5.23. The van der Waals surface area contributed by atoms with E-state index in [2.05, 4.69) is 10.3 Å². The number of aryl methyl sites for hydroxylation is 1. The highest BCUT2D eigenvalue weighted by Crippen LogP contribution is 2.37. The molecular weight excluding hydrogens is 339 g/mol. The van der Waals surface area contributed by atoms with Crippen LogP contribution in [0.25, 0.3) is 10.9 Å². The van der Waals surface area contributed by atoms with E-state index in [1.807, 2.05) is 26.0 Å². The molecular formula is C16H18Cl2N2O3. The zero-order valence-corrected chi connectivity index (χ0v) is 14.7. The van der Waals surface area contributed by atoms with Gasteiger partial charge in [0, 0.05) is 24.2 Å². The van der Waals surface area contributed by atoms with Crippen molar-refractivity contribution in [3.8, 4) is 5.75 Å². The summed E-state index contributed by atoms with van der Waals surface area (Å²) in [6, 6.07) is 5.19. The van der Waals surface area contributed by atoms with Crippen molar-refractivity contribution in [2.24, 2.45) is 0 Å². The fourth-order valence-electron chi connectivity index (χ4n) is 2.17. The molecule has 0 aliphatic heterocycles. The molecule has 124 valence electrons. The molecule has 0 aliphatic rings. The molecule has 0 spiro atoms. The van der Waals surface area contributed by atoms with Gasteiger partial charge in [-0.1, -0.05) is 23.2 Å². The Morgan fingerprint density at radius 1 is 1.35 bits per heavy atom. The molecule has 1 aromatic carbocycles. The first kappa shape index (κ1) is 17.8. The van der Waals surface area contributed by atoms with Gasteiger partial charge >= 0.3 is 0 Å². The Morgan fingerprint density at radius 2 is 2.09 bits per heavy atom. The van der Waals surface area contributed by atoms with Crippen LogP contribution in [0.15, 0.2) is 18.2 Å². The zero-order chi connectivity index (χ0) is 17.0. The molecule has 1 N–H and O–H groups in total. The van der Waals surface area contributed by atoms with E-state index < -0.39 is 0 Å². The van der Waals surface area contributed by atoms with Crippen LogP contribution >= 0.6 is 23.2 Å². The van der Waals surface area contributed by atoms with Gasteiger partial charge in [-0.05, 0) is 32.0 Å². The highest BCUT2D eigenvalue weighted by atomic mass is 35.5. The van der Waals surface area contributed by atoms with E-state index in [9.17, 15) is 4.79 Å². The number of halogens is 2. The number of carbonyl (C=O) groups excluding carboxylic acids is 1. The van der Waals surface area contributed by atoms with E-state index in [0.717, 1.165) is 11.1 Å². The summed E-state index contributed by atoms with van der Waals surface area (Å²) in [6.07, 6.45) is 0. The van der Waals surface area contributed by atoms with Gasteiger partial charge in [-0.2, -0.15) is 0 Å². The monoisotopic (exact) mass is 356 g/mol. The van der Waals surface area contributed by atoms with Crippen LogP contribution in [-0.2, 0) is 9.53 Å². The summed E-state index contributed by atoms with van der Waals surface area (Å²) in [5.74, 6) is 0.0886. The molecule has 1 heterocycles. The number of amides is 1. The van der Waals surface area contributed by atoms with Crippen LogP contribution in [0.3, 0.4) is 0 Å². The van der Waals surface area contributed by atoms with E-state index in [1.165, 1.54) is 0 Å². The first-order chi connectivity index (χ1) is 10.9. The fourth-order valence-corrected chi connectivity index (χ4v) is 2.74. The Bertz CT molecular complexity index is 722. The number of hydrogen-bond donors (Lipinski definition) is 1. The highest BCUT2D eigenvalue weighted by molar-refractivity contribution is 6.39. The maximum atomic E-state index is 11.9. The van der Waals surface area contributed by atoms with Crippen molar-refractivity contribution in [3.05, 3.63) is 33.9 Å². The van der Waals surface area contributed by atoms with Crippen molar-refractivity contribution in [2.75, 3.05) is 20.3 Å². The van der Waals surface area contributed by atoms with Crippen molar-refractivity contribution in [1.82, 2.24) is 10.3 Å². The quantitative estimate of drug-likeness (QED) is 0.861. The number of pyridine rings is 1. The summed E-state index contributed by atoms with van der Waals surface area (Å²) < 4.78 is 10.6. The number of benzene rings is 1. The number of rotatable bonds is 6. The molecule has 1 aromatic heterocycles. The van der Waals surface area contributed by atoms with E-state index >= 15 is 0 Å². The first-order valence-corrected chi connectivity index (χ1v) is 7.84. The molecule has 7 heteroatoms. The van der Waals surface area contributed by atoms with Gasteiger partial charge in [0.15, 0.2) is 12.4 Å². The van der Waals surface area contributed by atoms with Crippen LogP contribution in [0.1, 0.15) is 12.6 Å². The van der Waals surface area contributed by atoms with E-state index in [-0.39, 0.29) is 18.6 Å². The number of hydrogen-bond acceptors (Lipinski definition) is 4. The maximum absolute atomic E-state index is 11.9. The second kappa shape index (κ2) is 7.81. The van der Waals surface area contributed by atoms with Crippen molar-refractivity contribution in [2.45, 2.75) is 19.9 Å². The summed E-state index contributed by atoms with van der Waals surface area (Å²) in [7, 11) is 1.58. The van der Waals surface area contributed by atoms with E-state index in [0.29, 0.717) is 27.9 Å². The number of nitrogens with one attached hydrogen (secondary N) is 1. The van der Waals surface area contributed by atoms with Gasteiger partial charge in [0.1, 0.15) is 5.52 Å². The van der Waals surface area contributed by atoms with Gasteiger partial charge in [0.05, 0.1) is 16.7 Å². The van der Waals surface area contributed by atoms with Crippen LogP contribution in [0.4, 0.5) is 0 Å². The Kier molecular flexibility index (Phi) is 6.04. The summed E-state index contributed by atoms with van der Waals surface area (Å²) in [5, 5.41) is 4.30. The molecule has 1 amide bonds. The number of methoxy groups -OCH3 is 1. The van der Waals surface area contributed by atoms with Crippen LogP contribution in [0.5, 0.6) is 5.75 Å². The van der Waals surface area contributed by atoms with Gasteiger partial charge in [-0.25, -0.2) is 4.98 Å². The normalized spacial score (nSPS) is 12.2. The molecule has 0 saturated carbocycles. The van der Waals surface area contributed by atoms with Crippen molar-refractivity contribution in [3.63, 3.8) is 0 Å². The van der Waals surface area contributed by atoms with Gasteiger partial charge in [0.25, 0.3) is 5.91 Å². The summed E-state index contributed by atoms with van der Waals surface area (Å²) >= 11 is 12.4. The number of carbonyl (C=O) groups is 1. The average molecular weight is 357 g/mol. The lowest BCUT2D eigenvalue weighted by molar-refractivity contribution is -0.124. The zero-order valence-electron chi connectivity index (χ0n) is 13.2. The predicted octanol–water partition coefficient (Wildman–Crippen LogP) is 3.38. The molecule has 0 saturated heterocycles. The third kappa shape index (κ3) is 4.47. The molecule has 5 nitrogen and oxygen atoms in total. The number of fused-ring (bicyclic) bond motifs is 1. The molecule has 0 fully saturated rings. The minimum absolute atomic E-state index is 0.103. The van der Waals surface area contributed by atoms with Gasteiger partial charge in [-0.15, -0.1) is 0 Å². The van der Waals surface area contributed by atoms with Crippen LogP contribution < -0.4 is 10.1 Å². The Balaban J connectivity index is 2.20. The number of nitrogens with zero attached hydrogens (tertiary/aromatic N) is 1. The summed E-state index contributed by atoms with van der Waals surface area (Å²) in [4.78, 5) is 16.3. The Morgan fingerprint density at radius 3 is 2.78 bits per heavy atom. The first-order valence-electron chi connectivity index (χ1n) is 7.08. The van der Waals surface area contributed by atoms with E-state index in [4.69, 9.17) is 32.7 Å². The Hall–Kier alpha value is -1.56. The molecule has 0 aliphatic carbocycles. The molecule has 2 rings (SSSR count). The topological polar surface area (TPSA) is 60.5 Å². The smallest absolute Gasteiger partial charge is 0.258 e. The van der Waals surface area contributed by atoms with Gasteiger partial charge in [0.2, 0.25) is 0 Å². The lowest BCUT2D eigenvalue weighted by Crippen LogP contribution is -2.38. The van der Waals surface area contributed by atoms with Crippen molar-refractivity contribution >= 4 is 40.0 Å². The van der Waals surface area contributed by atoms with Crippen LogP contribution in [0.2, 0.25) is 10.0 Å². The minimum atomic E-state index is -0.263. The molecule has 0 radical (unpaired) electrons. The number of ether oxygens (including phenoxy) is 2. The van der Waals surface area contributed by atoms with Crippen molar-refractivity contribution < 1.29 is 14.3 Å². The lowest BCUT2D eigenvalue weighted by Gasteiger charge is -2.15. The lowest BCUT2D eigenvalue weighted by atomic mass is 10.2. The summed E-state index contributed by atoms with van der Waals surface area (Å²) in [5.41, 5.74) is 1.35. The molecule has 23 heavy (non-hydrogen) atoms. The number of aromatic nitrogens is 1. The molecule has 2 aromatic rings. The fraction of sp³-hybridized carbons (Fsp3) is 0.375. The van der Waals surface area contributed by atoms with Crippen LogP contribution in [0, 0.1) is 6.92 Å². The largest absolute Gasteiger partial charge is 0.480 e. The van der Waals surface area contributed by atoms with Gasteiger partial charge < -0.3 is 14.8 Å². The SMILES string of the molecule is COCC(C)NC(=O)COc1c(Cl)cc(Cl)c2ccc(C)nc12. The minimum Gasteiger partial charge on any atom is -0.480 e. The van der Waals surface area contributed by atoms with Crippen LogP contribution in [-0.4, -0.2) is 37.3 Å². The Labute approximate surface area is 144 Å². The molecule has 1 atom stereocenters. The maximum Gasteiger partial charge on any atom is 0.258 e.